The summed E-state index contributed by atoms with van der Waals surface area (Å²) < 4.78 is 43.2. The quantitative estimate of drug-likeness (QED) is 0.763. The molecular weight excluding hydrogens is 267 g/mol. The van der Waals surface area contributed by atoms with E-state index >= 15 is 0 Å². The lowest BCUT2D eigenvalue weighted by molar-refractivity contribution is -0.137. The van der Waals surface area contributed by atoms with Gasteiger partial charge in [-0.25, -0.2) is 0 Å². The van der Waals surface area contributed by atoms with Gasteiger partial charge in [-0.3, -0.25) is 0 Å². The van der Waals surface area contributed by atoms with E-state index in [1.165, 1.54) is 6.07 Å². The molecule has 1 N–H and O–H groups in total. The first-order valence-electron chi connectivity index (χ1n) is 6.75. The average Bonchev–Trinajstić information content (AvgIpc) is 2.36. The van der Waals surface area contributed by atoms with Crippen LogP contribution in [-0.2, 0) is 6.18 Å². The SMILES string of the molecule is CCCNCC(C)(C)COc1cccc(C(F)(F)F)c1. The first kappa shape index (κ1) is 16.8. The topological polar surface area (TPSA) is 21.3 Å². The highest BCUT2D eigenvalue weighted by molar-refractivity contribution is 5.30. The first-order valence-corrected chi connectivity index (χ1v) is 6.75. The molecule has 1 aromatic carbocycles. The minimum Gasteiger partial charge on any atom is -0.493 e. The predicted octanol–water partition coefficient (Wildman–Crippen LogP) is 4.11. The monoisotopic (exact) mass is 289 g/mol. The highest BCUT2D eigenvalue weighted by atomic mass is 19.4. The lowest BCUT2D eigenvalue weighted by Gasteiger charge is -2.25. The van der Waals surface area contributed by atoms with Gasteiger partial charge in [-0.05, 0) is 31.2 Å². The van der Waals surface area contributed by atoms with Gasteiger partial charge in [0.25, 0.3) is 0 Å². The van der Waals surface area contributed by atoms with E-state index in [-0.39, 0.29) is 11.2 Å². The van der Waals surface area contributed by atoms with Crippen molar-refractivity contribution in [1.82, 2.24) is 5.32 Å². The molecule has 114 valence electrons. The van der Waals surface area contributed by atoms with Crippen molar-refractivity contribution in [3.8, 4) is 5.75 Å². The maximum Gasteiger partial charge on any atom is 0.416 e. The number of benzene rings is 1. The lowest BCUT2D eigenvalue weighted by Crippen LogP contribution is -2.34. The van der Waals surface area contributed by atoms with E-state index in [2.05, 4.69) is 12.2 Å². The largest absolute Gasteiger partial charge is 0.493 e. The van der Waals surface area contributed by atoms with Crippen LogP contribution in [0.1, 0.15) is 32.8 Å². The van der Waals surface area contributed by atoms with E-state index < -0.39 is 11.7 Å². The molecule has 0 aliphatic rings. The fourth-order valence-corrected chi connectivity index (χ4v) is 1.70. The summed E-state index contributed by atoms with van der Waals surface area (Å²) in [6.45, 7) is 8.17. The van der Waals surface area contributed by atoms with Crippen LogP contribution in [0.25, 0.3) is 0 Å². The molecule has 0 aromatic heterocycles. The van der Waals surface area contributed by atoms with Crippen LogP contribution in [0.4, 0.5) is 13.2 Å². The predicted molar refractivity (Wildman–Crippen MR) is 73.9 cm³/mol. The summed E-state index contributed by atoms with van der Waals surface area (Å²) in [4.78, 5) is 0. The van der Waals surface area contributed by atoms with Crippen molar-refractivity contribution in [3.05, 3.63) is 29.8 Å². The Balaban J connectivity index is 2.57. The van der Waals surface area contributed by atoms with Gasteiger partial charge in [-0.1, -0.05) is 26.8 Å². The maximum absolute atomic E-state index is 12.6. The van der Waals surface area contributed by atoms with E-state index in [0.717, 1.165) is 31.6 Å². The number of halogens is 3. The Hall–Kier alpha value is -1.23. The minimum atomic E-state index is -4.34. The second-order valence-electron chi connectivity index (χ2n) is 5.66. The van der Waals surface area contributed by atoms with Crippen LogP contribution in [0.15, 0.2) is 24.3 Å². The summed E-state index contributed by atoms with van der Waals surface area (Å²) in [7, 11) is 0. The van der Waals surface area contributed by atoms with Crippen molar-refractivity contribution in [2.45, 2.75) is 33.4 Å². The summed E-state index contributed by atoms with van der Waals surface area (Å²) in [6.07, 6.45) is -3.29. The molecule has 0 radical (unpaired) electrons. The van der Waals surface area contributed by atoms with Gasteiger partial charge >= 0.3 is 6.18 Å². The Bertz CT molecular complexity index is 416. The van der Waals surface area contributed by atoms with E-state index in [0.29, 0.717) is 6.61 Å². The van der Waals surface area contributed by atoms with Gasteiger partial charge in [0.2, 0.25) is 0 Å². The van der Waals surface area contributed by atoms with Crippen molar-refractivity contribution in [2.75, 3.05) is 19.7 Å². The van der Waals surface area contributed by atoms with Gasteiger partial charge in [0, 0.05) is 12.0 Å². The number of alkyl halides is 3. The van der Waals surface area contributed by atoms with Crippen molar-refractivity contribution >= 4 is 0 Å². The van der Waals surface area contributed by atoms with Crippen molar-refractivity contribution in [3.63, 3.8) is 0 Å². The highest BCUT2D eigenvalue weighted by Gasteiger charge is 2.30. The fourth-order valence-electron chi connectivity index (χ4n) is 1.70. The molecule has 0 aliphatic carbocycles. The van der Waals surface area contributed by atoms with Gasteiger partial charge in [0.1, 0.15) is 5.75 Å². The Morgan fingerprint density at radius 2 is 1.90 bits per heavy atom. The summed E-state index contributed by atoms with van der Waals surface area (Å²) in [5, 5.41) is 3.29. The van der Waals surface area contributed by atoms with Crippen molar-refractivity contribution < 1.29 is 17.9 Å². The van der Waals surface area contributed by atoms with E-state index in [1.807, 2.05) is 13.8 Å². The van der Waals surface area contributed by atoms with Gasteiger partial charge in [-0.15, -0.1) is 0 Å². The lowest BCUT2D eigenvalue weighted by atomic mass is 9.95. The smallest absolute Gasteiger partial charge is 0.416 e. The van der Waals surface area contributed by atoms with Gasteiger partial charge in [-0.2, -0.15) is 13.2 Å². The second kappa shape index (κ2) is 6.97. The molecule has 5 heteroatoms. The molecule has 0 amide bonds. The summed E-state index contributed by atoms with van der Waals surface area (Å²) in [5.41, 5.74) is -0.819. The standard InChI is InChI=1S/C15H22F3NO/c1-4-8-19-10-14(2,3)11-20-13-7-5-6-12(9-13)15(16,17)18/h5-7,9,19H,4,8,10-11H2,1-3H3. The second-order valence-corrected chi connectivity index (χ2v) is 5.66. The molecule has 0 aliphatic heterocycles. The molecule has 0 saturated carbocycles. The van der Waals surface area contributed by atoms with Crippen LogP contribution in [0.2, 0.25) is 0 Å². The molecule has 2 nitrogen and oxygen atoms in total. The van der Waals surface area contributed by atoms with Crippen LogP contribution in [0.5, 0.6) is 5.75 Å². The molecule has 0 bridgehead atoms. The Morgan fingerprint density at radius 3 is 2.50 bits per heavy atom. The highest BCUT2D eigenvalue weighted by Crippen LogP contribution is 2.31. The zero-order valence-corrected chi connectivity index (χ0v) is 12.2. The summed E-state index contributed by atoms with van der Waals surface area (Å²) >= 11 is 0. The Morgan fingerprint density at radius 1 is 1.20 bits per heavy atom. The van der Waals surface area contributed by atoms with E-state index in [9.17, 15) is 13.2 Å². The minimum absolute atomic E-state index is 0.136. The van der Waals surface area contributed by atoms with Gasteiger partial charge < -0.3 is 10.1 Å². The van der Waals surface area contributed by atoms with Crippen LogP contribution in [-0.4, -0.2) is 19.7 Å². The summed E-state index contributed by atoms with van der Waals surface area (Å²) in [6, 6.07) is 4.99. The number of nitrogens with one attached hydrogen (secondary N) is 1. The molecule has 1 rings (SSSR count). The first-order chi connectivity index (χ1) is 9.24. The van der Waals surface area contributed by atoms with Gasteiger partial charge in [0.15, 0.2) is 0 Å². The molecule has 0 saturated heterocycles. The maximum atomic E-state index is 12.6. The average molecular weight is 289 g/mol. The number of rotatable bonds is 7. The number of hydrogen-bond donors (Lipinski definition) is 1. The summed E-state index contributed by atoms with van der Waals surface area (Å²) in [5.74, 6) is 0.253. The molecule has 0 heterocycles. The Labute approximate surface area is 118 Å². The van der Waals surface area contributed by atoms with Crippen molar-refractivity contribution in [2.24, 2.45) is 5.41 Å². The molecule has 1 aromatic rings. The Kier molecular flexibility index (Phi) is 5.87. The molecular formula is C15H22F3NO. The van der Waals surface area contributed by atoms with Crippen LogP contribution >= 0.6 is 0 Å². The third-order valence-corrected chi connectivity index (χ3v) is 2.82. The van der Waals surface area contributed by atoms with Crippen molar-refractivity contribution in [1.29, 1.82) is 0 Å². The van der Waals surface area contributed by atoms with E-state index in [4.69, 9.17) is 4.74 Å². The normalized spacial score (nSPS) is 12.5. The van der Waals surface area contributed by atoms with Crippen LogP contribution in [0.3, 0.4) is 0 Å². The molecule has 0 spiro atoms. The van der Waals surface area contributed by atoms with Crippen LogP contribution in [0, 0.1) is 5.41 Å². The number of ether oxygens (including phenoxy) is 1. The zero-order chi connectivity index (χ0) is 15.2. The molecule has 0 unspecified atom stereocenters. The zero-order valence-electron chi connectivity index (χ0n) is 12.2. The van der Waals surface area contributed by atoms with Crippen LogP contribution < -0.4 is 10.1 Å². The van der Waals surface area contributed by atoms with Gasteiger partial charge in [0.05, 0.1) is 12.2 Å². The number of hydrogen-bond acceptors (Lipinski definition) is 2. The molecule has 0 fully saturated rings. The third kappa shape index (κ3) is 5.82. The molecule has 0 atom stereocenters. The fraction of sp³-hybridized carbons (Fsp3) is 0.600. The molecule has 20 heavy (non-hydrogen) atoms. The van der Waals surface area contributed by atoms with E-state index in [1.54, 1.807) is 6.07 Å². The third-order valence-electron chi connectivity index (χ3n) is 2.82.